The fraction of sp³-hybridized carbons (Fsp3) is 0.143. The van der Waals surface area contributed by atoms with E-state index in [-0.39, 0.29) is 32.6 Å². The molecule has 1 heterocycles. The van der Waals surface area contributed by atoms with Gasteiger partial charge in [-0.1, -0.05) is 34.3 Å². The molecular formula is C14H12N4S2Zn-4. The molecule has 3 rings (SSSR count). The Labute approximate surface area is 147 Å². The van der Waals surface area contributed by atoms with E-state index in [0.29, 0.717) is 10.1 Å². The first kappa shape index (κ1) is 18.1. The van der Waals surface area contributed by atoms with E-state index >= 15 is 0 Å². The van der Waals surface area contributed by atoms with Crippen LogP contribution in [0.5, 0.6) is 0 Å². The summed E-state index contributed by atoms with van der Waals surface area (Å²) in [6, 6.07) is 12.1. The first-order valence-electron chi connectivity index (χ1n) is 5.99. The van der Waals surface area contributed by atoms with Crippen LogP contribution in [0.15, 0.2) is 46.5 Å². The minimum atomic E-state index is 0. The van der Waals surface area contributed by atoms with Crippen LogP contribution in [0.1, 0.15) is 0 Å². The van der Waals surface area contributed by atoms with Crippen LogP contribution in [0.4, 0.5) is 0 Å². The summed E-state index contributed by atoms with van der Waals surface area (Å²) in [5.74, 6) is 0. The van der Waals surface area contributed by atoms with Gasteiger partial charge in [0.2, 0.25) is 0 Å². The molecule has 0 radical (unpaired) electrons. The second-order valence-corrected chi connectivity index (χ2v) is 4.80. The van der Waals surface area contributed by atoms with Gasteiger partial charge in [0.05, 0.1) is 11.0 Å². The third-order valence-corrected chi connectivity index (χ3v) is 3.29. The van der Waals surface area contributed by atoms with Crippen LogP contribution in [0.25, 0.3) is 33.3 Å². The van der Waals surface area contributed by atoms with Gasteiger partial charge >= 0.3 is 0 Å². The van der Waals surface area contributed by atoms with Gasteiger partial charge < -0.3 is 36.7 Å². The van der Waals surface area contributed by atoms with E-state index in [4.69, 9.17) is 36.7 Å². The van der Waals surface area contributed by atoms with Gasteiger partial charge in [0, 0.05) is 19.5 Å². The number of nitrogens with zero attached hydrogens (tertiary/aromatic N) is 2. The van der Waals surface area contributed by atoms with Crippen LogP contribution in [-0.2, 0) is 44.7 Å². The largest absolute Gasteiger partial charge is 0.760 e. The normalized spacial score (nSPS) is 9.81. The fourth-order valence-corrected chi connectivity index (χ4v) is 2.00. The van der Waals surface area contributed by atoms with E-state index in [9.17, 15) is 0 Å². The van der Waals surface area contributed by atoms with Gasteiger partial charge in [-0.15, -0.1) is 0 Å². The zero-order valence-corrected chi connectivity index (χ0v) is 15.9. The summed E-state index contributed by atoms with van der Waals surface area (Å²) in [5.41, 5.74) is 14.1. The summed E-state index contributed by atoms with van der Waals surface area (Å²) >= 11 is 10.1. The Hall–Kier alpha value is -0.977. The fourth-order valence-electron chi connectivity index (χ4n) is 1.71. The third kappa shape index (κ3) is 4.49. The van der Waals surface area contributed by atoms with Crippen molar-refractivity contribution in [3.05, 3.63) is 47.9 Å². The SMILES string of the molecule is [NH-]CC[NH-].[S-]c1nc2cc3ccccc3cc2nc1[S-].[Zn]. The number of hydrogen-bond donors (Lipinski definition) is 0. The predicted octanol–water partition coefficient (Wildman–Crippen LogP) is 3.68. The molecule has 0 saturated carbocycles. The average Bonchev–Trinajstić information content (AvgIpc) is 2.47. The summed E-state index contributed by atoms with van der Waals surface area (Å²) in [5, 5.41) is 3.07. The minimum absolute atomic E-state index is 0. The zero-order valence-electron chi connectivity index (χ0n) is 11.3. The minimum Gasteiger partial charge on any atom is -0.760 e. The van der Waals surface area contributed by atoms with Crippen molar-refractivity contribution in [1.29, 1.82) is 0 Å². The average molecular weight is 366 g/mol. The number of benzene rings is 2. The Balaban J connectivity index is 0.000000397. The van der Waals surface area contributed by atoms with Gasteiger partial charge in [-0.05, 0) is 22.9 Å². The predicted molar refractivity (Wildman–Crippen MR) is 86.7 cm³/mol. The monoisotopic (exact) mass is 364 g/mol. The molecule has 0 saturated heterocycles. The van der Waals surface area contributed by atoms with Crippen LogP contribution in [0.3, 0.4) is 0 Å². The van der Waals surface area contributed by atoms with E-state index in [1.54, 1.807) is 0 Å². The maximum atomic E-state index is 6.26. The molecule has 0 fully saturated rings. The van der Waals surface area contributed by atoms with Gasteiger partial charge in [-0.3, -0.25) is 9.97 Å². The molecule has 0 aliphatic rings. The molecule has 2 aromatic carbocycles. The molecule has 4 nitrogen and oxygen atoms in total. The van der Waals surface area contributed by atoms with Crippen molar-refractivity contribution in [2.45, 2.75) is 10.1 Å². The van der Waals surface area contributed by atoms with Crippen LogP contribution in [0.2, 0.25) is 0 Å². The molecule has 2 N–H and O–H groups in total. The Morgan fingerprint density at radius 1 is 0.810 bits per heavy atom. The van der Waals surface area contributed by atoms with Crippen molar-refractivity contribution in [3.8, 4) is 0 Å². The molecule has 0 bridgehead atoms. The molecule has 21 heavy (non-hydrogen) atoms. The quantitative estimate of drug-likeness (QED) is 0.374. The number of aromatic nitrogens is 2. The third-order valence-electron chi connectivity index (χ3n) is 2.59. The Morgan fingerprint density at radius 3 is 1.52 bits per heavy atom. The van der Waals surface area contributed by atoms with Crippen molar-refractivity contribution in [3.63, 3.8) is 0 Å². The van der Waals surface area contributed by atoms with Crippen LogP contribution >= 0.6 is 0 Å². The van der Waals surface area contributed by atoms with Crippen molar-refractivity contribution in [1.82, 2.24) is 9.97 Å². The standard InChI is InChI=1S/C12H8N2S2.C2H6N2.Zn/c15-11-12(16)14-10-6-8-4-2-1-3-7(8)5-9(10)13-11;3-1-2-4;/h1-6H,(H,13,15)(H,14,16);3-4H,1-2H2;/q;-2;/p-2. The first-order valence-corrected chi connectivity index (χ1v) is 6.81. The number of nitrogens with one attached hydrogen (secondary N) is 2. The Morgan fingerprint density at radius 2 is 1.19 bits per heavy atom. The summed E-state index contributed by atoms with van der Waals surface area (Å²) in [6.45, 7) is 0.472. The summed E-state index contributed by atoms with van der Waals surface area (Å²) in [7, 11) is 0. The molecule has 0 aliphatic carbocycles. The number of hydrogen-bond acceptors (Lipinski definition) is 4. The van der Waals surface area contributed by atoms with E-state index in [0.717, 1.165) is 21.8 Å². The van der Waals surface area contributed by atoms with E-state index < -0.39 is 0 Å². The molecular weight excluding hydrogens is 354 g/mol. The van der Waals surface area contributed by atoms with Crippen molar-refractivity contribution < 1.29 is 19.5 Å². The van der Waals surface area contributed by atoms with E-state index in [1.807, 2.05) is 36.4 Å². The molecule has 3 aromatic rings. The van der Waals surface area contributed by atoms with Gasteiger partial charge in [0.1, 0.15) is 0 Å². The second kappa shape index (κ2) is 8.46. The van der Waals surface area contributed by atoms with E-state index in [2.05, 4.69) is 9.97 Å². The Bertz CT molecular complexity index is 675. The summed E-state index contributed by atoms with van der Waals surface area (Å²) in [6.07, 6.45) is 0. The molecule has 0 spiro atoms. The molecule has 7 heteroatoms. The molecule has 1 aromatic heterocycles. The van der Waals surface area contributed by atoms with Crippen molar-refractivity contribution >= 4 is 47.1 Å². The second-order valence-electron chi connectivity index (χ2n) is 4.02. The number of rotatable bonds is 1. The Kier molecular flexibility index (Phi) is 7.28. The van der Waals surface area contributed by atoms with E-state index in [1.165, 1.54) is 0 Å². The molecule has 0 amide bonds. The molecule has 0 unspecified atom stereocenters. The summed E-state index contributed by atoms with van der Waals surface area (Å²) in [4.78, 5) is 8.55. The maximum absolute atomic E-state index is 6.26. The smallest absolute Gasteiger partial charge is 0.0873 e. The molecule has 106 valence electrons. The van der Waals surface area contributed by atoms with Gasteiger partial charge in [0.15, 0.2) is 0 Å². The number of fused-ring (bicyclic) bond motifs is 2. The van der Waals surface area contributed by atoms with Crippen LogP contribution in [0, 0.1) is 0 Å². The molecule has 0 atom stereocenters. The van der Waals surface area contributed by atoms with Crippen molar-refractivity contribution in [2.75, 3.05) is 13.1 Å². The molecule has 0 aliphatic heterocycles. The van der Waals surface area contributed by atoms with Gasteiger partial charge in [-0.2, -0.15) is 13.1 Å². The zero-order chi connectivity index (χ0) is 14.5. The summed E-state index contributed by atoms with van der Waals surface area (Å²) < 4.78 is 0. The van der Waals surface area contributed by atoms with Gasteiger partial charge in [-0.25, -0.2) is 0 Å². The van der Waals surface area contributed by atoms with Crippen molar-refractivity contribution in [2.24, 2.45) is 0 Å². The first-order chi connectivity index (χ1) is 9.65. The van der Waals surface area contributed by atoms with Gasteiger partial charge in [0.25, 0.3) is 0 Å². The topological polar surface area (TPSA) is 73.4 Å². The van der Waals surface area contributed by atoms with Crippen LogP contribution < -0.4 is 0 Å². The van der Waals surface area contributed by atoms with Crippen LogP contribution in [-0.4, -0.2) is 23.1 Å². The maximum Gasteiger partial charge on any atom is 0.0873 e.